The highest BCUT2D eigenvalue weighted by atomic mass is 16.1. The van der Waals surface area contributed by atoms with E-state index in [2.05, 4.69) is 10.3 Å². The summed E-state index contributed by atoms with van der Waals surface area (Å²) >= 11 is 0. The molecule has 0 atom stereocenters. The van der Waals surface area contributed by atoms with Gasteiger partial charge in [0.25, 0.3) is 5.91 Å². The first-order chi connectivity index (χ1) is 6.15. The molecule has 1 aromatic rings. The van der Waals surface area contributed by atoms with Crippen molar-refractivity contribution in [2.75, 3.05) is 0 Å². The standard InChI is InChI=1S/C10H14N2O/c1-4-7(2)12-10(13)9-5-6-11-8(9)3/h4-6,11H,1-3H3,(H,12,13). The van der Waals surface area contributed by atoms with Crippen molar-refractivity contribution >= 4 is 5.91 Å². The maximum absolute atomic E-state index is 11.5. The molecule has 70 valence electrons. The molecule has 0 radical (unpaired) electrons. The summed E-state index contributed by atoms with van der Waals surface area (Å²) in [5, 5.41) is 2.77. The van der Waals surface area contributed by atoms with E-state index >= 15 is 0 Å². The van der Waals surface area contributed by atoms with Gasteiger partial charge in [0.15, 0.2) is 0 Å². The fraction of sp³-hybridized carbons (Fsp3) is 0.300. The lowest BCUT2D eigenvalue weighted by atomic mass is 10.2. The van der Waals surface area contributed by atoms with Crippen LogP contribution in [0.15, 0.2) is 24.0 Å². The minimum absolute atomic E-state index is 0.0608. The predicted octanol–water partition coefficient (Wildman–Crippen LogP) is 1.98. The van der Waals surface area contributed by atoms with Gasteiger partial charge in [-0.1, -0.05) is 6.08 Å². The molecule has 1 heterocycles. The minimum Gasteiger partial charge on any atom is -0.365 e. The fourth-order valence-corrected chi connectivity index (χ4v) is 1.02. The number of hydrogen-bond acceptors (Lipinski definition) is 1. The molecule has 0 saturated heterocycles. The van der Waals surface area contributed by atoms with Crippen molar-refractivity contribution in [2.24, 2.45) is 0 Å². The summed E-state index contributed by atoms with van der Waals surface area (Å²) in [4.78, 5) is 14.5. The van der Waals surface area contributed by atoms with Crippen molar-refractivity contribution in [3.05, 3.63) is 35.3 Å². The summed E-state index contributed by atoms with van der Waals surface area (Å²) < 4.78 is 0. The van der Waals surface area contributed by atoms with Gasteiger partial charge < -0.3 is 10.3 Å². The number of carbonyl (C=O) groups is 1. The molecule has 1 aromatic heterocycles. The molecule has 0 saturated carbocycles. The van der Waals surface area contributed by atoms with Crippen LogP contribution in [0.2, 0.25) is 0 Å². The van der Waals surface area contributed by atoms with Gasteiger partial charge in [-0.05, 0) is 26.8 Å². The van der Waals surface area contributed by atoms with Crippen LogP contribution in [0.3, 0.4) is 0 Å². The number of carbonyl (C=O) groups excluding carboxylic acids is 1. The first-order valence-corrected chi connectivity index (χ1v) is 4.23. The van der Waals surface area contributed by atoms with Crippen LogP contribution in [0, 0.1) is 6.92 Å². The van der Waals surface area contributed by atoms with E-state index in [4.69, 9.17) is 0 Å². The third kappa shape index (κ3) is 2.21. The number of hydrogen-bond donors (Lipinski definition) is 2. The van der Waals surface area contributed by atoms with Gasteiger partial charge in [0, 0.05) is 17.6 Å². The second kappa shape index (κ2) is 3.94. The molecule has 3 heteroatoms. The summed E-state index contributed by atoms with van der Waals surface area (Å²) in [6.45, 7) is 5.62. The highest BCUT2D eigenvalue weighted by Crippen LogP contribution is 2.04. The van der Waals surface area contributed by atoms with Gasteiger partial charge in [-0.25, -0.2) is 0 Å². The van der Waals surface area contributed by atoms with Gasteiger partial charge in [-0.3, -0.25) is 4.79 Å². The predicted molar refractivity (Wildman–Crippen MR) is 52.4 cm³/mol. The van der Waals surface area contributed by atoms with Crippen LogP contribution >= 0.6 is 0 Å². The molecule has 0 aliphatic carbocycles. The van der Waals surface area contributed by atoms with E-state index in [0.29, 0.717) is 5.56 Å². The van der Waals surface area contributed by atoms with E-state index in [1.165, 1.54) is 0 Å². The van der Waals surface area contributed by atoms with Gasteiger partial charge >= 0.3 is 0 Å². The Morgan fingerprint density at radius 1 is 1.62 bits per heavy atom. The molecule has 0 spiro atoms. The van der Waals surface area contributed by atoms with Gasteiger partial charge in [0.05, 0.1) is 5.56 Å². The molecular weight excluding hydrogens is 164 g/mol. The third-order valence-electron chi connectivity index (χ3n) is 1.94. The molecule has 2 N–H and O–H groups in total. The van der Waals surface area contributed by atoms with E-state index in [1.54, 1.807) is 12.3 Å². The summed E-state index contributed by atoms with van der Waals surface area (Å²) in [5.41, 5.74) is 2.45. The molecule has 0 aromatic carbocycles. The average molecular weight is 178 g/mol. The van der Waals surface area contributed by atoms with Crippen LogP contribution < -0.4 is 5.32 Å². The van der Waals surface area contributed by atoms with Crippen molar-refractivity contribution in [3.8, 4) is 0 Å². The molecule has 0 fully saturated rings. The molecule has 3 nitrogen and oxygen atoms in total. The zero-order valence-electron chi connectivity index (χ0n) is 8.14. The molecular formula is C10H14N2O. The number of aromatic nitrogens is 1. The lowest BCUT2D eigenvalue weighted by Gasteiger charge is -2.03. The normalized spacial score (nSPS) is 11.5. The molecule has 0 aliphatic heterocycles. The molecule has 1 amide bonds. The van der Waals surface area contributed by atoms with Crippen molar-refractivity contribution < 1.29 is 4.79 Å². The van der Waals surface area contributed by atoms with E-state index in [0.717, 1.165) is 11.4 Å². The topological polar surface area (TPSA) is 44.9 Å². The number of aromatic amines is 1. The number of H-pyrrole nitrogens is 1. The summed E-state index contributed by atoms with van der Waals surface area (Å²) in [6, 6.07) is 1.77. The Kier molecular flexibility index (Phi) is 2.90. The Morgan fingerprint density at radius 3 is 2.77 bits per heavy atom. The Hall–Kier alpha value is -1.51. The van der Waals surface area contributed by atoms with Crippen molar-refractivity contribution in [2.45, 2.75) is 20.8 Å². The minimum atomic E-state index is -0.0608. The number of nitrogens with one attached hydrogen (secondary N) is 2. The zero-order chi connectivity index (χ0) is 9.84. The Labute approximate surface area is 77.9 Å². The van der Waals surface area contributed by atoms with E-state index in [-0.39, 0.29) is 5.91 Å². The van der Waals surface area contributed by atoms with Crippen LogP contribution in [0.25, 0.3) is 0 Å². The van der Waals surface area contributed by atoms with Gasteiger partial charge in [-0.15, -0.1) is 0 Å². The Balaban J connectivity index is 2.75. The molecule has 1 rings (SSSR count). The van der Waals surface area contributed by atoms with E-state index < -0.39 is 0 Å². The lowest BCUT2D eigenvalue weighted by molar-refractivity contribution is 0.0965. The zero-order valence-corrected chi connectivity index (χ0v) is 8.14. The monoisotopic (exact) mass is 178 g/mol. The number of aryl methyl sites for hydroxylation is 1. The highest BCUT2D eigenvalue weighted by molar-refractivity contribution is 5.96. The van der Waals surface area contributed by atoms with Crippen molar-refractivity contribution in [3.63, 3.8) is 0 Å². The number of rotatable bonds is 2. The summed E-state index contributed by atoms with van der Waals surface area (Å²) in [7, 11) is 0. The van der Waals surface area contributed by atoms with Crippen molar-refractivity contribution in [1.82, 2.24) is 10.3 Å². The van der Waals surface area contributed by atoms with Crippen LogP contribution in [0.1, 0.15) is 29.9 Å². The van der Waals surface area contributed by atoms with E-state index in [9.17, 15) is 4.79 Å². The first kappa shape index (κ1) is 9.58. The average Bonchev–Trinajstić information content (AvgIpc) is 2.51. The Bertz CT molecular complexity index is 336. The maximum atomic E-state index is 11.5. The lowest BCUT2D eigenvalue weighted by Crippen LogP contribution is -2.21. The molecule has 0 aliphatic rings. The smallest absolute Gasteiger partial charge is 0.257 e. The Morgan fingerprint density at radius 2 is 2.31 bits per heavy atom. The molecule has 0 unspecified atom stereocenters. The quantitative estimate of drug-likeness (QED) is 0.714. The number of allylic oxidation sites excluding steroid dienone is 2. The van der Waals surface area contributed by atoms with Crippen LogP contribution in [0.5, 0.6) is 0 Å². The molecule has 13 heavy (non-hydrogen) atoms. The first-order valence-electron chi connectivity index (χ1n) is 4.23. The van der Waals surface area contributed by atoms with Crippen molar-refractivity contribution in [1.29, 1.82) is 0 Å². The van der Waals surface area contributed by atoms with Gasteiger partial charge in [0.1, 0.15) is 0 Å². The second-order valence-electron chi connectivity index (χ2n) is 2.94. The SMILES string of the molecule is CC=C(C)NC(=O)c1cc[nH]c1C. The highest BCUT2D eigenvalue weighted by Gasteiger charge is 2.08. The van der Waals surface area contributed by atoms with Crippen LogP contribution in [-0.4, -0.2) is 10.9 Å². The third-order valence-corrected chi connectivity index (χ3v) is 1.94. The maximum Gasteiger partial charge on any atom is 0.257 e. The molecule has 0 bridgehead atoms. The van der Waals surface area contributed by atoms with E-state index in [1.807, 2.05) is 26.8 Å². The number of amides is 1. The summed E-state index contributed by atoms with van der Waals surface area (Å²) in [6.07, 6.45) is 3.62. The fourth-order valence-electron chi connectivity index (χ4n) is 1.02. The van der Waals surface area contributed by atoms with Crippen LogP contribution in [0.4, 0.5) is 0 Å². The second-order valence-corrected chi connectivity index (χ2v) is 2.94. The van der Waals surface area contributed by atoms with Crippen LogP contribution in [-0.2, 0) is 0 Å². The summed E-state index contributed by atoms with van der Waals surface area (Å²) in [5.74, 6) is -0.0608. The van der Waals surface area contributed by atoms with Gasteiger partial charge in [-0.2, -0.15) is 0 Å². The van der Waals surface area contributed by atoms with Gasteiger partial charge in [0.2, 0.25) is 0 Å². The largest absolute Gasteiger partial charge is 0.365 e.